The summed E-state index contributed by atoms with van der Waals surface area (Å²) in [5.74, 6) is -1.33. The zero-order chi connectivity index (χ0) is 19.8. The number of hydrogen-bond acceptors (Lipinski definition) is 5. The van der Waals surface area contributed by atoms with Gasteiger partial charge >= 0.3 is 5.97 Å². The molecule has 27 heavy (non-hydrogen) atoms. The molecule has 3 atom stereocenters. The van der Waals surface area contributed by atoms with Gasteiger partial charge in [0.05, 0.1) is 23.9 Å². The van der Waals surface area contributed by atoms with E-state index in [9.17, 15) is 18.3 Å². The number of sulfone groups is 1. The van der Waals surface area contributed by atoms with Crippen molar-refractivity contribution in [2.75, 3.05) is 20.8 Å². The second kappa shape index (κ2) is 7.14. The van der Waals surface area contributed by atoms with Crippen molar-refractivity contribution in [1.82, 2.24) is 0 Å². The number of ether oxygens (including phenoxy) is 2. The van der Waals surface area contributed by atoms with Crippen molar-refractivity contribution in [2.24, 2.45) is 5.41 Å². The Labute approximate surface area is 162 Å². The number of methoxy groups -OCH3 is 2. The van der Waals surface area contributed by atoms with Crippen molar-refractivity contribution in [1.29, 1.82) is 0 Å². The molecule has 3 rings (SSSR count). The van der Waals surface area contributed by atoms with Gasteiger partial charge in [-0.2, -0.15) is 0 Å². The molecule has 2 aromatic carbocycles. The summed E-state index contributed by atoms with van der Waals surface area (Å²) in [6.07, 6.45) is 0. The molecule has 0 spiro atoms. The van der Waals surface area contributed by atoms with Gasteiger partial charge in [-0.1, -0.05) is 23.7 Å². The smallest absolute Gasteiger partial charge is 0.314 e. The third kappa shape index (κ3) is 3.20. The molecule has 1 N–H and O–H groups in total. The summed E-state index contributed by atoms with van der Waals surface area (Å²) in [6, 6.07) is 12.5. The first-order valence-corrected chi connectivity index (χ1v) is 10.1. The topological polar surface area (TPSA) is 89.9 Å². The van der Waals surface area contributed by atoms with Gasteiger partial charge < -0.3 is 14.6 Å². The summed E-state index contributed by atoms with van der Waals surface area (Å²) in [6.45, 7) is -0.212. The molecule has 1 aliphatic carbocycles. The second-order valence-corrected chi connectivity index (χ2v) is 8.95. The summed E-state index contributed by atoms with van der Waals surface area (Å²) in [5, 5.41) is 9.16. The molecule has 1 fully saturated rings. The van der Waals surface area contributed by atoms with Crippen molar-refractivity contribution < 1.29 is 27.8 Å². The van der Waals surface area contributed by atoms with Crippen LogP contribution in [0.15, 0.2) is 53.4 Å². The van der Waals surface area contributed by atoms with E-state index >= 15 is 0 Å². The Bertz CT molecular complexity index is 939. The minimum absolute atomic E-state index is 0.0367. The van der Waals surface area contributed by atoms with E-state index in [2.05, 4.69) is 0 Å². The average Bonchev–Trinajstić information content (AvgIpc) is 3.33. The van der Waals surface area contributed by atoms with E-state index in [1.54, 1.807) is 24.3 Å². The van der Waals surface area contributed by atoms with Crippen LogP contribution < -0.4 is 4.74 Å². The lowest BCUT2D eigenvalue weighted by Gasteiger charge is -2.12. The molecule has 2 aromatic rings. The lowest BCUT2D eigenvalue weighted by Crippen LogP contribution is -2.28. The van der Waals surface area contributed by atoms with Crippen LogP contribution in [0.3, 0.4) is 0 Å². The third-order valence-corrected chi connectivity index (χ3v) is 7.53. The first kappa shape index (κ1) is 19.7. The van der Waals surface area contributed by atoms with E-state index in [0.29, 0.717) is 16.3 Å². The normalized spacial score (nSPS) is 24.4. The van der Waals surface area contributed by atoms with Crippen LogP contribution in [0.25, 0.3) is 0 Å². The summed E-state index contributed by atoms with van der Waals surface area (Å²) in [5.41, 5.74) is -0.945. The van der Waals surface area contributed by atoms with Crippen molar-refractivity contribution in [3.63, 3.8) is 0 Å². The predicted molar refractivity (Wildman–Crippen MR) is 100 cm³/mol. The molecule has 8 heteroatoms. The lowest BCUT2D eigenvalue weighted by atomic mass is 10.00. The Morgan fingerprint density at radius 1 is 1.11 bits per heavy atom. The standard InChI is InChI=1S/C19H19ClO6S/c1-25-11-19(18(21)22)16(12-3-7-14(26-2)8-4-12)17(19)27(23,24)15-9-5-13(20)6-10-15/h3-10,16-17H,11H2,1-2H3,(H,21,22)/t16-,17+,19-/m1/s1. The van der Waals surface area contributed by atoms with Crippen LogP contribution in [0, 0.1) is 5.41 Å². The van der Waals surface area contributed by atoms with Crippen LogP contribution in [0.2, 0.25) is 5.02 Å². The number of hydrogen-bond donors (Lipinski definition) is 1. The number of halogens is 1. The number of carbonyl (C=O) groups is 1. The molecule has 144 valence electrons. The van der Waals surface area contributed by atoms with Crippen LogP contribution in [-0.2, 0) is 19.4 Å². The van der Waals surface area contributed by atoms with Crippen LogP contribution in [0.4, 0.5) is 0 Å². The molecule has 0 saturated heterocycles. The maximum absolute atomic E-state index is 13.2. The molecule has 0 aliphatic heterocycles. The zero-order valence-electron chi connectivity index (χ0n) is 14.8. The number of carboxylic acids is 1. The van der Waals surface area contributed by atoms with Gasteiger partial charge in [0.25, 0.3) is 0 Å². The van der Waals surface area contributed by atoms with Gasteiger partial charge in [-0.25, -0.2) is 8.42 Å². The van der Waals surface area contributed by atoms with Crippen LogP contribution in [0.5, 0.6) is 5.75 Å². The van der Waals surface area contributed by atoms with Crippen LogP contribution >= 0.6 is 11.6 Å². The first-order chi connectivity index (χ1) is 12.8. The molecule has 0 radical (unpaired) electrons. The monoisotopic (exact) mass is 410 g/mol. The minimum atomic E-state index is -3.92. The van der Waals surface area contributed by atoms with Gasteiger partial charge in [0.1, 0.15) is 11.2 Å². The number of aliphatic carboxylic acids is 1. The Morgan fingerprint density at radius 3 is 2.19 bits per heavy atom. The molecule has 0 unspecified atom stereocenters. The predicted octanol–water partition coefficient (Wildman–Crippen LogP) is 3.01. The molecular weight excluding hydrogens is 392 g/mol. The average molecular weight is 411 g/mol. The van der Waals surface area contributed by atoms with E-state index in [1.165, 1.54) is 38.5 Å². The zero-order valence-corrected chi connectivity index (χ0v) is 16.3. The Kier molecular flexibility index (Phi) is 5.20. The summed E-state index contributed by atoms with van der Waals surface area (Å²) < 4.78 is 36.7. The molecular formula is C19H19ClO6S. The highest BCUT2D eigenvalue weighted by Crippen LogP contribution is 2.64. The van der Waals surface area contributed by atoms with Gasteiger partial charge in [0, 0.05) is 18.1 Å². The number of rotatable bonds is 7. The fraction of sp³-hybridized carbons (Fsp3) is 0.316. The van der Waals surface area contributed by atoms with Crippen LogP contribution in [0.1, 0.15) is 11.5 Å². The first-order valence-electron chi connectivity index (χ1n) is 8.14. The van der Waals surface area contributed by atoms with Gasteiger partial charge in [-0.15, -0.1) is 0 Å². The Hall–Kier alpha value is -2.09. The fourth-order valence-corrected chi connectivity index (χ4v) is 6.13. The highest BCUT2D eigenvalue weighted by molar-refractivity contribution is 7.92. The van der Waals surface area contributed by atoms with Crippen molar-refractivity contribution in [2.45, 2.75) is 16.1 Å². The maximum Gasteiger partial charge on any atom is 0.314 e. The molecule has 1 saturated carbocycles. The van der Waals surface area contributed by atoms with Crippen molar-refractivity contribution >= 4 is 27.4 Å². The van der Waals surface area contributed by atoms with Crippen molar-refractivity contribution in [3.05, 3.63) is 59.1 Å². The molecule has 0 bridgehead atoms. The maximum atomic E-state index is 13.2. The second-order valence-electron chi connectivity index (χ2n) is 6.45. The van der Waals surface area contributed by atoms with E-state index in [-0.39, 0.29) is 11.5 Å². The lowest BCUT2D eigenvalue weighted by molar-refractivity contribution is -0.145. The minimum Gasteiger partial charge on any atom is -0.497 e. The van der Waals surface area contributed by atoms with Crippen LogP contribution in [-0.4, -0.2) is 45.6 Å². The summed E-state index contributed by atoms with van der Waals surface area (Å²) in [4.78, 5) is 12.2. The molecule has 0 heterocycles. The van der Waals surface area contributed by atoms with Gasteiger partial charge in [-0.05, 0) is 42.0 Å². The summed E-state index contributed by atoms with van der Waals surface area (Å²) >= 11 is 5.85. The number of carboxylic acid groups (broad SMARTS) is 1. The SMILES string of the molecule is COC[C@@]1(C(=O)O)[C@H](c2ccc(OC)cc2)[C@@H]1S(=O)(=O)c1ccc(Cl)cc1. The largest absolute Gasteiger partial charge is 0.497 e. The fourth-order valence-electron chi connectivity index (χ4n) is 3.64. The summed E-state index contributed by atoms with van der Waals surface area (Å²) in [7, 11) is -1.04. The molecule has 0 amide bonds. The molecule has 1 aliphatic rings. The Morgan fingerprint density at radius 2 is 1.70 bits per heavy atom. The van der Waals surface area contributed by atoms with E-state index in [0.717, 1.165) is 0 Å². The van der Waals surface area contributed by atoms with Gasteiger partial charge in [0.2, 0.25) is 0 Å². The number of benzene rings is 2. The van der Waals surface area contributed by atoms with E-state index < -0.39 is 32.4 Å². The third-order valence-electron chi connectivity index (χ3n) is 4.99. The van der Waals surface area contributed by atoms with E-state index in [1.807, 2.05) is 0 Å². The highest BCUT2D eigenvalue weighted by Gasteiger charge is 2.76. The quantitative estimate of drug-likeness (QED) is 0.754. The molecule has 6 nitrogen and oxygen atoms in total. The Balaban J connectivity index is 2.09. The van der Waals surface area contributed by atoms with Crippen molar-refractivity contribution in [3.8, 4) is 5.75 Å². The molecule has 0 aromatic heterocycles. The van der Waals surface area contributed by atoms with Gasteiger partial charge in [-0.3, -0.25) is 4.79 Å². The van der Waals surface area contributed by atoms with Gasteiger partial charge in [0.15, 0.2) is 9.84 Å². The highest BCUT2D eigenvalue weighted by atomic mass is 35.5. The van der Waals surface area contributed by atoms with E-state index in [4.69, 9.17) is 21.1 Å².